The van der Waals surface area contributed by atoms with Gasteiger partial charge in [-0.3, -0.25) is 18.6 Å². The summed E-state index contributed by atoms with van der Waals surface area (Å²) < 4.78 is 26.7. The average molecular weight is 660 g/mol. The van der Waals surface area contributed by atoms with E-state index < -0.39 is 26.5 Å². The lowest BCUT2D eigenvalue weighted by atomic mass is 10.1. The predicted octanol–water partition coefficient (Wildman–Crippen LogP) is 8.87. The highest BCUT2D eigenvalue weighted by Crippen LogP contribution is 2.42. The second kappa shape index (κ2) is 32.4. The molecule has 0 aromatic rings. The van der Waals surface area contributed by atoms with E-state index in [0.717, 1.165) is 70.6 Å². The van der Waals surface area contributed by atoms with Crippen LogP contribution in [0.4, 0.5) is 0 Å². The number of esters is 1. The molecule has 2 atom stereocenters. The molecule has 0 aliphatic rings. The van der Waals surface area contributed by atoms with Crippen molar-refractivity contribution in [2.24, 2.45) is 0 Å². The predicted molar refractivity (Wildman–Crippen MR) is 183 cm³/mol. The number of amides is 1. The van der Waals surface area contributed by atoms with E-state index in [-0.39, 0.29) is 32.1 Å². The third-order valence-electron chi connectivity index (χ3n) is 7.37. The number of aliphatic hydroxyl groups excluding tert-OH is 1. The van der Waals surface area contributed by atoms with E-state index in [9.17, 15) is 24.2 Å². The number of ether oxygens (including phenoxy) is 1. The van der Waals surface area contributed by atoms with Crippen LogP contribution in [0.2, 0.25) is 0 Å². The number of phosphoric acid groups is 1. The van der Waals surface area contributed by atoms with Crippen LogP contribution in [0.1, 0.15) is 155 Å². The second-order valence-corrected chi connectivity index (χ2v) is 13.3. The van der Waals surface area contributed by atoms with Gasteiger partial charge in [-0.15, -0.1) is 0 Å². The number of carbonyl (C=O) groups is 2. The summed E-state index contributed by atoms with van der Waals surface area (Å²) in [5, 5.41) is 12.6. The van der Waals surface area contributed by atoms with Gasteiger partial charge in [-0.1, -0.05) is 128 Å². The Balaban J connectivity index is 3.66. The summed E-state index contributed by atoms with van der Waals surface area (Å²) in [5.41, 5.74) is 0. The molecule has 9 nitrogen and oxygen atoms in total. The molecule has 0 aliphatic heterocycles. The number of hydrogen-bond acceptors (Lipinski definition) is 7. The molecule has 264 valence electrons. The van der Waals surface area contributed by atoms with Gasteiger partial charge in [-0.2, -0.15) is 0 Å². The Kier molecular flexibility index (Phi) is 31.3. The Morgan fingerprint density at radius 1 is 0.689 bits per heavy atom. The Morgan fingerprint density at radius 2 is 1.24 bits per heavy atom. The summed E-state index contributed by atoms with van der Waals surface area (Å²) in [6.07, 6.45) is 31.1. The fraction of sp³-hybridized carbons (Fsp3) is 0.829. The van der Waals surface area contributed by atoms with Gasteiger partial charge in [0, 0.05) is 19.4 Å². The molecule has 2 unspecified atom stereocenters. The maximum atomic E-state index is 12.0. The first-order valence-electron chi connectivity index (χ1n) is 17.8. The monoisotopic (exact) mass is 659 g/mol. The zero-order chi connectivity index (χ0) is 33.3. The second-order valence-electron chi connectivity index (χ2n) is 11.8. The van der Waals surface area contributed by atoms with Gasteiger partial charge >= 0.3 is 13.8 Å². The Labute approximate surface area is 274 Å². The van der Waals surface area contributed by atoms with Crippen LogP contribution < -0.4 is 5.32 Å². The lowest BCUT2D eigenvalue weighted by Crippen LogP contribution is -2.27. The van der Waals surface area contributed by atoms with Crippen molar-refractivity contribution in [1.82, 2.24) is 5.32 Å². The third kappa shape index (κ3) is 33.7. The van der Waals surface area contributed by atoms with Crippen LogP contribution in [0.25, 0.3) is 0 Å². The molecule has 0 aliphatic carbocycles. The van der Waals surface area contributed by atoms with E-state index in [2.05, 4.69) is 43.5 Å². The van der Waals surface area contributed by atoms with Crippen LogP contribution in [-0.2, 0) is 27.9 Å². The van der Waals surface area contributed by atoms with Crippen LogP contribution in [-0.4, -0.2) is 54.3 Å². The number of allylic oxidation sites excluding steroid dienone is 4. The van der Waals surface area contributed by atoms with Crippen molar-refractivity contribution in [3.05, 3.63) is 24.3 Å². The van der Waals surface area contributed by atoms with Crippen molar-refractivity contribution in [3.63, 3.8) is 0 Å². The minimum atomic E-state index is -4.41. The van der Waals surface area contributed by atoms with Crippen molar-refractivity contribution in [2.45, 2.75) is 161 Å². The molecule has 0 rings (SSSR count). The Morgan fingerprint density at radius 3 is 1.87 bits per heavy atom. The van der Waals surface area contributed by atoms with Crippen molar-refractivity contribution in [3.8, 4) is 0 Å². The molecular weight excluding hydrogens is 593 g/mol. The van der Waals surface area contributed by atoms with E-state index in [1.165, 1.54) is 57.8 Å². The highest BCUT2D eigenvalue weighted by Gasteiger charge is 2.23. The zero-order valence-corrected chi connectivity index (χ0v) is 29.5. The fourth-order valence-corrected chi connectivity index (χ4v) is 5.41. The molecule has 0 fully saturated rings. The van der Waals surface area contributed by atoms with Crippen molar-refractivity contribution < 1.29 is 37.9 Å². The van der Waals surface area contributed by atoms with Crippen molar-refractivity contribution >= 4 is 19.7 Å². The number of carbonyl (C=O) groups excluding carboxylic acids is 2. The molecule has 0 spiro atoms. The van der Waals surface area contributed by atoms with Gasteiger partial charge in [0.15, 0.2) is 0 Å². The smallest absolute Gasteiger partial charge is 0.463 e. The van der Waals surface area contributed by atoms with Gasteiger partial charge in [0.1, 0.15) is 12.7 Å². The van der Waals surface area contributed by atoms with Gasteiger partial charge in [0.2, 0.25) is 5.91 Å². The van der Waals surface area contributed by atoms with E-state index >= 15 is 0 Å². The summed E-state index contributed by atoms with van der Waals surface area (Å²) in [6.45, 7) is 3.44. The molecule has 0 radical (unpaired) electrons. The number of unbranched alkanes of at least 4 members (excludes halogenated alkanes) is 16. The first kappa shape index (κ1) is 43.5. The van der Waals surface area contributed by atoms with E-state index in [1.807, 2.05) is 0 Å². The minimum absolute atomic E-state index is 0.0753. The van der Waals surface area contributed by atoms with Crippen LogP contribution in [0.5, 0.6) is 0 Å². The van der Waals surface area contributed by atoms with Crippen LogP contribution >= 0.6 is 7.82 Å². The van der Waals surface area contributed by atoms with Gasteiger partial charge < -0.3 is 20.1 Å². The molecule has 45 heavy (non-hydrogen) atoms. The molecular formula is C35H66NO8P. The van der Waals surface area contributed by atoms with Gasteiger partial charge in [0.25, 0.3) is 0 Å². The van der Waals surface area contributed by atoms with Crippen LogP contribution in [0.15, 0.2) is 24.3 Å². The molecule has 3 N–H and O–H groups in total. The average Bonchev–Trinajstić information content (AvgIpc) is 3.02. The van der Waals surface area contributed by atoms with E-state index in [0.29, 0.717) is 6.42 Å². The first-order chi connectivity index (χ1) is 21.8. The number of aliphatic hydroxyl groups is 1. The highest BCUT2D eigenvalue weighted by molar-refractivity contribution is 7.47. The molecule has 10 heteroatoms. The van der Waals surface area contributed by atoms with Gasteiger partial charge in [-0.25, -0.2) is 4.57 Å². The molecule has 0 aromatic heterocycles. The quantitative estimate of drug-likeness (QED) is 0.0276. The summed E-state index contributed by atoms with van der Waals surface area (Å²) >= 11 is 0. The third-order valence-corrected chi connectivity index (χ3v) is 8.35. The van der Waals surface area contributed by atoms with E-state index in [1.54, 1.807) is 0 Å². The molecule has 0 aromatic carbocycles. The Hall–Kier alpha value is -1.51. The molecule has 0 bridgehead atoms. The maximum absolute atomic E-state index is 12.0. The summed E-state index contributed by atoms with van der Waals surface area (Å²) in [4.78, 5) is 33.6. The molecule has 0 heterocycles. The summed E-state index contributed by atoms with van der Waals surface area (Å²) in [7, 11) is -4.41. The van der Waals surface area contributed by atoms with Gasteiger partial charge in [-0.05, 0) is 38.5 Å². The van der Waals surface area contributed by atoms with Crippen molar-refractivity contribution in [1.29, 1.82) is 0 Å². The number of nitrogens with one attached hydrogen (secondary N) is 1. The van der Waals surface area contributed by atoms with Crippen LogP contribution in [0.3, 0.4) is 0 Å². The standard InChI is InChI=1S/C35H66NO8P/c1-3-5-7-9-11-13-15-16-18-19-21-23-25-27-34(38)36-29-30-43-45(40,41)44-32-33(37)31-42-35(39)28-26-24-22-20-17-14-12-10-8-6-4-2/h7,9,13,15,33,37H,3-6,8,10-12,14,16-32H2,1-2H3,(H,36,38)(H,40,41)/b9-7-,15-13-. The summed E-state index contributed by atoms with van der Waals surface area (Å²) in [5.74, 6) is -0.532. The topological polar surface area (TPSA) is 131 Å². The lowest BCUT2D eigenvalue weighted by Gasteiger charge is -2.15. The van der Waals surface area contributed by atoms with Crippen molar-refractivity contribution in [2.75, 3.05) is 26.4 Å². The fourth-order valence-electron chi connectivity index (χ4n) is 4.65. The first-order valence-corrected chi connectivity index (χ1v) is 19.3. The highest BCUT2D eigenvalue weighted by atomic mass is 31.2. The summed E-state index contributed by atoms with van der Waals surface area (Å²) in [6, 6.07) is 0. The van der Waals surface area contributed by atoms with Crippen LogP contribution in [0, 0.1) is 0 Å². The molecule has 1 amide bonds. The number of hydrogen-bond donors (Lipinski definition) is 3. The maximum Gasteiger partial charge on any atom is 0.472 e. The molecule has 0 saturated heterocycles. The number of phosphoric ester groups is 1. The molecule has 0 saturated carbocycles. The normalized spacial score (nSPS) is 13.8. The zero-order valence-electron chi connectivity index (χ0n) is 28.6. The van der Waals surface area contributed by atoms with Gasteiger partial charge in [0.05, 0.1) is 13.2 Å². The number of rotatable bonds is 33. The minimum Gasteiger partial charge on any atom is -0.463 e. The largest absolute Gasteiger partial charge is 0.472 e. The van der Waals surface area contributed by atoms with E-state index in [4.69, 9.17) is 13.8 Å². The Bertz CT molecular complexity index is 805. The SMILES string of the molecule is CCC/C=C\C/C=C\CCCCCCCC(=O)NCCOP(=O)(O)OCC(O)COC(=O)CCCCCCCCCCCCC. The lowest BCUT2D eigenvalue weighted by molar-refractivity contribution is -0.147.